The molecule has 4 aliphatic rings. The van der Waals surface area contributed by atoms with E-state index < -0.39 is 107 Å². The van der Waals surface area contributed by atoms with E-state index in [9.17, 15) is 44.4 Å². The maximum Gasteiger partial charge on any atom is 0.338 e. The molecule has 57 heavy (non-hydrogen) atoms. The average Bonchev–Trinajstić information content (AvgIpc) is 3.18. The molecular weight excluding hydrogens is 738 g/mol. The summed E-state index contributed by atoms with van der Waals surface area (Å²) in [6.07, 6.45) is -8.83. The summed E-state index contributed by atoms with van der Waals surface area (Å²) in [4.78, 5) is 68.9. The van der Waals surface area contributed by atoms with Crippen LogP contribution in [0, 0.1) is 16.7 Å². The van der Waals surface area contributed by atoms with E-state index in [4.69, 9.17) is 18.9 Å². The summed E-state index contributed by atoms with van der Waals surface area (Å²) in [5.74, 6) is -5.84. The lowest BCUT2D eigenvalue weighted by molar-refractivity contribution is -0.346. The Morgan fingerprint density at radius 2 is 1.58 bits per heavy atom. The fourth-order valence-electron chi connectivity index (χ4n) is 9.51. The molecule has 1 heterocycles. The first-order valence-corrected chi connectivity index (χ1v) is 19.0. The number of hydrogen-bond donors (Lipinski definition) is 5. The van der Waals surface area contributed by atoms with Gasteiger partial charge in [0.1, 0.15) is 30.0 Å². The third kappa shape index (κ3) is 6.70. The number of aliphatic hydroxyl groups excluding tert-OH is 3. The number of benzene rings is 2. The number of fused-ring (bicyclic) bond motifs is 5. The molecule has 3 fully saturated rings. The first-order chi connectivity index (χ1) is 26.8. The van der Waals surface area contributed by atoms with Gasteiger partial charge in [-0.25, -0.2) is 9.59 Å². The number of carbonyl (C=O) groups is 5. The number of hydrogen-bond acceptors (Lipinski definition) is 13. The van der Waals surface area contributed by atoms with Gasteiger partial charge in [0.2, 0.25) is 5.91 Å². The van der Waals surface area contributed by atoms with E-state index in [0.29, 0.717) is 11.1 Å². The van der Waals surface area contributed by atoms with E-state index in [1.807, 2.05) is 0 Å². The van der Waals surface area contributed by atoms with Crippen molar-refractivity contribution in [3.05, 3.63) is 94.6 Å². The average molecular weight is 790 g/mol. The fraction of sp³-hybridized carbons (Fsp3) is 0.512. The molecule has 14 nitrogen and oxygen atoms in total. The Bertz CT molecular complexity index is 1990. The van der Waals surface area contributed by atoms with Crippen molar-refractivity contribution in [3.63, 3.8) is 0 Å². The van der Waals surface area contributed by atoms with Crippen molar-refractivity contribution in [2.45, 2.75) is 115 Å². The second kappa shape index (κ2) is 15.2. The molecule has 14 heteroatoms. The molecule has 2 saturated carbocycles. The zero-order valence-electron chi connectivity index (χ0n) is 33.1. The monoisotopic (exact) mass is 789 g/mol. The Hall–Kier alpha value is -4.73. The molecule has 1 saturated heterocycles. The van der Waals surface area contributed by atoms with E-state index in [-0.39, 0.29) is 29.7 Å². The Morgan fingerprint density at radius 3 is 2.14 bits per heavy atom. The molecule has 2 aromatic carbocycles. The highest BCUT2D eigenvalue weighted by molar-refractivity contribution is 5.95. The molecule has 1 aliphatic heterocycles. The van der Waals surface area contributed by atoms with E-state index in [1.54, 1.807) is 82.3 Å². The predicted molar refractivity (Wildman–Crippen MR) is 202 cm³/mol. The largest absolute Gasteiger partial charge is 0.456 e. The van der Waals surface area contributed by atoms with Crippen molar-refractivity contribution in [2.75, 3.05) is 6.61 Å². The van der Waals surface area contributed by atoms with Crippen LogP contribution in [0.3, 0.4) is 0 Å². The molecule has 0 radical (unpaired) electrons. The van der Waals surface area contributed by atoms with Gasteiger partial charge in [-0.1, -0.05) is 68.5 Å². The number of Topliss-reactive ketones (excluding diaryl/α,β-unsaturated/α-hetero) is 1. The van der Waals surface area contributed by atoms with E-state index in [1.165, 1.54) is 26.0 Å². The Balaban J connectivity index is 1.50. The Morgan fingerprint density at radius 1 is 0.965 bits per heavy atom. The molecule has 0 spiro atoms. The van der Waals surface area contributed by atoms with Crippen LogP contribution in [0.5, 0.6) is 0 Å². The van der Waals surface area contributed by atoms with Crippen LogP contribution in [0.2, 0.25) is 0 Å². The second-order valence-electron chi connectivity index (χ2n) is 16.4. The summed E-state index contributed by atoms with van der Waals surface area (Å²) in [5.41, 5.74) is -6.75. The number of amides is 1. The molecule has 2 aromatic rings. The summed E-state index contributed by atoms with van der Waals surface area (Å²) < 4.78 is 24.1. The molecular formula is C43H51NO13. The Labute approximate surface area is 330 Å². The molecule has 5 N–H and O–H groups in total. The van der Waals surface area contributed by atoms with E-state index in [0.717, 1.165) is 6.92 Å². The van der Waals surface area contributed by atoms with E-state index in [2.05, 4.69) is 5.32 Å². The normalized spacial score (nSPS) is 34.2. The predicted octanol–water partition coefficient (Wildman–Crippen LogP) is 2.82. The van der Waals surface area contributed by atoms with Gasteiger partial charge in [0, 0.05) is 30.8 Å². The SMILES string of the molecule is C/C=C(\C)C(=O)N[C@@H](c1ccccc1)[C@H](O)C(=O)O[C@H]1C[C@@]2(O)[C@@H](OC(=O)c3ccccc3)[C@@H]3[C@]4(OC(C)=O)CO[C@@H]4C[C@H](O)[C@@]3(C)C(=O)[C@H](O)C(=C1C)C2(C)C. The van der Waals surface area contributed by atoms with Gasteiger partial charge in [-0.3, -0.25) is 14.4 Å². The first kappa shape index (κ1) is 41.9. The van der Waals surface area contributed by atoms with Crippen LogP contribution in [0.25, 0.3) is 0 Å². The highest BCUT2D eigenvalue weighted by Gasteiger charge is 2.78. The molecule has 3 aliphatic carbocycles. The molecule has 0 aromatic heterocycles. The van der Waals surface area contributed by atoms with Gasteiger partial charge in [-0.05, 0) is 56.5 Å². The van der Waals surface area contributed by atoms with Crippen molar-refractivity contribution >= 4 is 29.6 Å². The molecule has 2 bridgehead atoms. The van der Waals surface area contributed by atoms with Crippen molar-refractivity contribution < 1.29 is 63.3 Å². The summed E-state index contributed by atoms with van der Waals surface area (Å²) in [5, 5.41) is 51.7. The second-order valence-corrected chi connectivity index (χ2v) is 16.4. The van der Waals surface area contributed by atoms with Crippen LogP contribution in [0.15, 0.2) is 83.5 Å². The van der Waals surface area contributed by atoms with Gasteiger partial charge in [0.15, 0.2) is 17.5 Å². The third-order valence-corrected chi connectivity index (χ3v) is 13.0. The van der Waals surface area contributed by atoms with Gasteiger partial charge in [0.05, 0.1) is 35.6 Å². The summed E-state index contributed by atoms with van der Waals surface area (Å²) in [6, 6.07) is 14.9. The van der Waals surface area contributed by atoms with Gasteiger partial charge in [-0.2, -0.15) is 0 Å². The van der Waals surface area contributed by atoms with Crippen LogP contribution in [-0.2, 0) is 38.1 Å². The quantitative estimate of drug-likeness (QED) is 0.107. The maximum atomic E-state index is 14.9. The first-order valence-electron chi connectivity index (χ1n) is 19.0. The van der Waals surface area contributed by atoms with Crippen molar-refractivity contribution in [3.8, 4) is 0 Å². The number of rotatable bonds is 9. The zero-order valence-corrected chi connectivity index (χ0v) is 33.1. The highest BCUT2D eigenvalue weighted by Crippen LogP contribution is 2.64. The van der Waals surface area contributed by atoms with Crippen LogP contribution in [0.1, 0.15) is 83.3 Å². The third-order valence-electron chi connectivity index (χ3n) is 13.0. The lowest BCUT2D eigenvalue weighted by Crippen LogP contribution is -2.81. The molecule has 1 amide bonds. The standard InChI is InChI=1S/C43H51NO13/c1-8-22(2)37(50)44-31(25-15-11-9-12-16-25)33(48)39(52)55-27-20-43(53)36(56-38(51)26-17-13-10-14-18-26)34-41(7,35(49)32(47)30(23(27)3)40(43,5)6)28(46)19-29-42(34,21-54-29)57-24(4)45/h8-18,27-29,31-34,36,46-48,53H,19-21H2,1-7H3,(H,44,50)/b22-8+/t27-,28-,29+,31-,32+,33-,34-,36-,41+,42-,43+/m0/s1. The van der Waals surface area contributed by atoms with Gasteiger partial charge < -0.3 is 44.7 Å². The summed E-state index contributed by atoms with van der Waals surface area (Å²) in [7, 11) is 0. The van der Waals surface area contributed by atoms with Crippen molar-refractivity contribution in [1.29, 1.82) is 0 Å². The summed E-state index contributed by atoms with van der Waals surface area (Å²) in [6.45, 7) is 10.1. The number of ether oxygens (including phenoxy) is 4. The van der Waals surface area contributed by atoms with Gasteiger partial charge in [0.25, 0.3) is 0 Å². The number of aliphatic hydroxyl groups is 4. The van der Waals surface area contributed by atoms with E-state index >= 15 is 0 Å². The van der Waals surface area contributed by atoms with Crippen molar-refractivity contribution in [1.82, 2.24) is 5.32 Å². The molecule has 0 unspecified atom stereocenters. The topological polar surface area (TPSA) is 215 Å². The molecule has 11 atom stereocenters. The fourth-order valence-corrected chi connectivity index (χ4v) is 9.51. The maximum absolute atomic E-state index is 14.9. The minimum Gasteiger partial charge on any atom is -0.456 e. The molecule has 306 valence electrons. The zero-order chi connectivity index (χ0) is 41.8. The lowest BCUT2D eigenvalue weighted by atomic mass is 9.44. The number of nitrogens with one attached hydrogen (secondary N) is 1. The number of ketones is 1. The lowest BCUT2D eigenvalue weighted by Gasteiger charge is -2.67. The van der Waals surface area contributed by atoms with Crippen LogP contribution < -0.4 is 5.32 Å². The van der Waals surface area contributed by atoms with Crippen LogP contribution >= 0.6 is 0 Å². The molecule has 6 rings (SSSR count). The number of allylic oxidation sites excluding steroid dienone is 1. The van der Waals surface area contributed by atoms with Gasteiger partial charge >= 0.3 is 17.9 Å². The number of esters is 3. The highest BCUT2D eigenvalue weighted by atomic mass is 16.6. The smallest absolute Gasteiger partial charge is 0.338 e. The van der Waals surface area contributed by atoms with Gasteiger partial charge in [-0.15, -0.1) is 0 Å². The minimum absolute atomic E-state index is 0.0497. The number of carbonyl (C=O) groups excluding carboxylic acids is 5. The minimum atomic E-state index is -2.34. The van der Waals surface area contributed by atoms with Crippen molar-refractivity contribution in [2.24, 2.45) is 16.7 Å². The van der Waals surface area contributed by atoms with Crippen LogP contribution in [0.4, 0.5) is 0 Å². The summed E-state index contributed by atoms with van der Waals surface area (Å²) >= 11 is 0. The van der Waals surface area contributed by atoms with Crippen LogP contribution in [-0.4, -0.2) is 104 Å². The Kier molecular flexibility index (Phi) is 11.2.